The summed E-state index contributed by atoms with van der Waals surface area (Å²) in [6.07, 6.45) is 5.51. The second-order valence-electron chi connectivity index (χ2n) is 2.43. The summed E-state index contributed by atoms with van der Waals surface area (Å²) in [6, 6.07) is 0. The van der Waals surface area contributed by atoms with Gasteiger partial charge in [0, 0.05) is 5.33 Å². The molecule has 1 nitrogen and oxygen atoms in total. The van der Waals surface area contributed by atoms with E-state index in [-0.39, 0.29) is 5.78 Å². The van der Waals surface area contributed by atoms with Gasteiger partial charge < -0.3 is 0 Å². The van der Waals surface area contributed by atoms with Gasteiger partial charge in [-0.25, -0.2) is 4.39 Å². The van der Waals surface area contributed by atoms with Crippen molar-refractivity contribution in [2.75, 3.05) is 5.33 Å². The zero-order valence-corrected chi connectivity index (χ0v) is 7.47. The largest absolute Gasteiger partial charge is 0.290 e. The molecule has 0 fully saturated rings. The number of carbonyl (C=O) groups is 1. The first-order valence-electron chi connectivity index (χ1n) is 3.34. The first-order valence-corrected chi connectivity index (χ1v) is 4.46. The van der Waals surface area contributed by atoms with Crippen LogP contribution in [-0.2, 0) is 4.79 Å². The lowest BCUT2D eigenvalue weighted by molar-refractivity contribution is -0.110. The Hall–Kier alpha value is -0.440. The smallest absolute Gasteiger partial charge is 0.178 e. The van der Waals surface area contributed by atoms with Crippen LogP contribution >= 0.6 is 15.9 Å². The van der Waals surface area contributed by atoms with Gasteiger partial charge in [0.05, 0.1) is 0 Å². The number of alkyl halides is 2. The molecule has 0 N–H and O–H groups in total. The quantitative estimate of drug-likeness (QED) is 0.650. The minimum absolute atomic E-state index is 0.146. The Labute approximate surface area is 73.1 Å². The molecule has 3 heteroatoms. The Balaban J connectivity index is 2.68. The molecule has 60 valence electrons. The Morgan fingerprint density at radius 2 is 2.00 bits per heavy atom. The molecule has 0 unspecified atom stereocenters. The van der Waals surface area contributed by atoms with Gasteiger partial charge in [-0.15, -0.1) is 0 Å². The van der Waals surface area contributed by atoms with E-state index in [4.69, 9.17) is 0 Å². The summed E-state index contributed by atoms with van der Waals surface area (Å²) in [7, 11) is 0. The van der Waals surface area contributed by atoms with Gasteiger partial charge in [0.25, 0.3) is 0 Å². The number of carbonyl (C=O) groups excluding carboxylic acids is 1. The Morgan fingerprint density at radius 1 is 1.45 bits per heavy atom. The van der Waals surface area contributed by atoms with Crippen molar-refractivity contribution in [2.45, 2.75) is 12.1 Å². The Kier molecular flexibility index (Phi) is 2.60. The van der Waals surface area contributed by atoms with Crippen molar-refractivity contribution in [3.8, 4) is 0 Å². The van der Waals surface area contributed by atoms with Crippen LogP contribution in [-0.4, -0.2) is 16.8 Å². The zero-order chi connectivity index (χ0) is 8.32. The fraction of sp³-hybridized carbons (Fsp3) is 0.375. The van der Waals surface area contributed by atoms with E-state index >= 15 is 0 Å². The molecular formula is C8H8BrFO. The molecule has 0 spiro atoms. The topological polar surface area (TPSA) is 17.1 Å². The predicted octanol–water partition coefficient (Wildman–Crippen LogP) is 2.17. The molecule has 1 rings (SSSR count). The fourth-order valence-electron chi connectivity index (χ4n) is 0.864. The van der Waals surface area contributed by atoms with Crippen LogP contribution in [0.5, 0.6) is 0 Å². The lowest BCUT2D eigenvalue weighted by Crippen LogP contribution is -2.20. The van der Waals surface area contributed by atoms with E-state index in [1.54, 1.807) is 0 Å². The van der Waals surface area contributed by atoms with Crippen molar-refractivity contribution in [3.05, 3.63) is 24.3 Å². The lowest BCUT2D eigenvalue weighted by atomic mass is 9.97. The highest BCUT2D eigenvalue weighted by molar-refractivity contribution is 9.09. The molecule has 0 amide bonds. The number of rotatable bonds is 2. The number of halogens is 2. The standard InChI is InChI=1S/C8H8BrFO/c9-6-5-8(10)3-1-7(11)2-4-8/h1-4H,5-6H2. The van der Waals surface area contributed by atoms with Crippen LogP contribution in [0, 0.1) is 0 Å². The number of allylic oxidation sites excluding steroid dienone is 4. The average molecular weight is 219 g/mol. The van der Waals surface area contributed by atoms with Gasteiger partial charge in [-0.2, -0.15) is 0 Å². The number of hydrogen-bond acceptors (Lipinski definition) is 1. The third-order valence-corrected chi connectivity index (χ3v) is 1.92. The molecule has 0 bridgehead atoms. The maximum absolute atomic E-state index is 13.4. The molecule has 1 aliphatic carbocycles. The number of ketones is 1. The molecular weight excluding hydrogens is 211 g/mol. The van der Waals surface area contributed by atoms with Gasteiger partial charge in [-0.05, 0) is 30.7 Å². The molecule has 0 atom stereocenters. The van der Waals surface area contributed by atoms with E-state index in [0.717, 1.165) is 0 Å². The maximum atomic E-state index is 13.4. The van der Waals surface area contributed by atoms with E-state index in [1.807, 2.05) is 0 Å². The molecule has 0 saturated heterocycles. The second kappa shape index (κ2) is 3.30. The van der Waals surface area contributed by atoms with E-state index in [2.05, 4.69) is 15.9 Å². The van der Waals surface area contributed by atoms with Crippen LogP contribution in [0.2, 0.25) is 0 Å². The van der Waals surface area contributed by atoms with Gasteiger partial charge in [0.2, 0.25) is 0 Å². The van der Waals surface area contributed by atoms with Crippen molar-refractivity contribution in [2.24, 2.45) is 0 Å². The highest BCUT2D eigenvalue weighted by atomic mass is 79.9. The van der Waals surface area contributed by atoms with Gasteiger partial charge in [-0.3, -0.25) is 4.79 Å². The minimum Gasteiger partial charge on any atom is -0.290 e. The Bertz CT molecular complexity index is 204. The number of hydrogen-bond donors (Lipinski definition) is 0. The van der Waals surface area contributed by atoms with Gasteiger partial charge in [0.15, 0.2) is 5.78 Å². The first-order chi connectivity index (χ1) is 5.16. The third-order valence-electron chi connectivity index (χ3n) is 1.53. The second-order valence-corrected chi connectivity index (χ2v) is 3.23. The molecule has 0 saturated carbocycles. The molecule has 0 radical (unpaired) electrons. The lowest BCUT2D eigenvalue weighted by Gasteiger charge is -2.17. The van der Waals surface area contributed by atoms with Crippen LogP contribution in [0.15, 0.2) is 24.3 Å². The van der Waals surface area contributed by atoms with E-state index in [0.29, 0.717) is 11.8 Å². The molecule has 0 aliphatic heterocycles. The summed E-state index contributed by atoms with van der Waals surface area (Å²) in [5, 5.41) is 0.590. The summed E-state index contributed by atoms with van der Waals surface area (Å²) < 4.78 is 13.4. The monoisotopic (exact) mass is 218 g/mol. The minimum atomic E-state index is -1.42. The van der Waals surface area contributed by atoms with Crippen LogP contribution in [0.1, 0.15) is 6.42 Å². The summed E-state index contributed by atoms with van der Waals surface area (Å²) in [5.74, 6) is -0.146. The third kappa shape index (κ3) is 2.26. The first kappa shape index (κ1) is 8.65. The molecule has 11 heavy (non-hydrogen) atoms. The molecule has 0 aromatic heterocycles. The van der Waals surface area contributed by atoms with Crippen LogP contribution in [0.4, 0.5) is 4.39 Å². The maximum Gasteiger partial charge on any atom is 0.178 e. The van der Waals surface area contributed by atoms with E-state index in [1.165, 1.54) is 24.3 Å². The van der Waals surface area contributed by atoms with Crippen LogP contribution in [0.3, 0.4) is 0 Å². The Morgan fingerprint density at radius 3 is 2.45 bits per heavy atom. The highest BCUT2D eigenvalue weighted by Crippen LogP contribution is 2.23. The summed E-state index contributed by atoms with van der Waals surface area (Å²) in [4.78, 5) is 10.6. The van der Waals surface area contributed by atoms with Crippen molar-refractivity contribution >= 4 is 21.7 Å². The van der Waals surface area contributed by atoms with Crippen LogP contribution in [0.25, 0.3) is 0 Å². The van der Waals surface area contributed by atoms with Crippen molar-refractivity contribution < 1.29 is 9.18 Å². The highest BCUT2D eigenvalue weighted by Gasteiger charge is 2.24. The average Bonchev–Trinajstić information content (AvgIpc) is 1.97. The SMILES string of the molecule is O=C1C=CC(F)(CCBr)C=C1. The molecule has 0 aromatic carbocycles. The van der Waals surface area contributed by atoms with Gasteiger partial charge in [-0.1, -0.05) is 15.9 Å². The summed E-state index contributed by atoms with van der Waals surface area (Å²) in [5.41, 5.74) is -1.42. The van der Waals surface area contributed by atoms with Crippen molar-refractivity contribution in [1.82, 2.24) is 0 Å². The van der Waals surface area contributed by atoms with Crippen molar-refractivity contribution in [1.29, 1.82) is 0 Å². The van der Waals surface area contributed by atoms with Gasteiger partial charge in [0.1, 0.15) is 5.67 Å². The fourth-order valence-corrected chi connectivity index (χ4v) is 1.47. The molecule has 0 heterocycles. The normalized spacial score (nSPS) is 20.7. The van der Waals surface area contributed by atoms with Crippen molar-refractivity contribution in [3.63, 3.8) is 0 Å². The van der Waals surface area contributed by atoms with Gasteiger partial charge >= 0.3 is 0 Å². The molecule has 1 aliphatic rings. The zero-order valence-electron chi connectivity index (χ0n) is 5.89. The molecule has 0 aromatic rings. The summed E-state index contributed by atoms with van der Waals surface area (Å²) >= 11 is 3.14. The predicted molar refractivity (Wildman–Crippen MR) is 45.5 cm³/mol. The van der Waals surface area contributed by atoms with E-state index in [9.17, 15) is 9.18 Å². The van der Waals surface area contributed by atoms with Crippen LogP contribution < -0.4 is 0 Å². The summed E-state index contributed by atoms with van der Waals surface area (Å²) in [6.45, 7) is 0. The van der Waals surface area contributed by atoms with E-state index < -0.39 is 5.67 Å².